The van der Waals surface area contributed by atoms with Crippen LogP contribution in [-0.2, 0) is 11.3 Å². The number of non-ortho nitro benzene ring substituents is 1. The quantitative estimate of drug-likeness (QED) is 0.401. The van der Waals surface area contributed by atoms with Crippen molar-refractivity contribution >= 4 is 28.0 Å². The van der Waals surface area contributed by atoms with Gasteiger partial charge in [0.15, 0.2) is 5.01 Å². The number of rotatable bonds is 4. The molecule has 9 nitrogen and oxygen atoms in total. The van der Waals surface area contributed by atoms with Crippen LogP contribution in [-0.4, -0.2) is 25.5 Å². The standard InChI is InChI=1S/C14H10N4O5S/c1-8-5-12(19)17-14(15-8)24-11(16-17)7-23-13(20)9-3-2-4-10(6-9)18(21)22/h2-6H,7H2,1H3. The lowest BCUT2D eigenvalue weighted by molar-refractivity contribution is -0.384. The van der Waals surface area contributed by atoms with Crippen molar-refractivity contribution in [3.8, 4) is 0 Å². The first kappa shape index (κ1) is 15.7. The first-order chi connectivity index (χ1) is 11.4. The molecular formula is C14H10N4O5S. The summed E-state index contributed by atoms with van der Waals surface area (Å²) >= 11 is 1.13. The number of carbonyl (C=O) groups is 1. The summed E-state index contributed by atoms with van der Waals surface area (Å²) in [5, 5.41) is 15.2. The van der Waals surface area contributed by atoms with Crippen molar-refractivity contribution < 1.29 is 14.5 Å². The van der Waals surface area contributed by atoms with E-state index in [1.807, 2.05) is 0 Å². The first-order valence-electron chi connectivity index (χ1n) is 6.72. The highest BCUT2D eigenvalue weighted by Gasteiger charge is 2.14. The summed E-state index contributed by atoms with van der Waals surface area (Å²) in [6.45, 7) is 1.54. The smallest absolute Gasteiger partial charge is 0.338 e. The number of hydrogen-bond acceptors (Lipinski definition) is 8. The minimum atomic E-state index is -0.713. The molecule has 0 amide bonds. The second-order valence-electron chi connectivity index (χ2n) is 4.81. The maximum atomic E-state index is 12.0. The van der Waals surface area contributed by atoms with Crippen LogP contribution in [0.2, 0.25) is 0 Å². The maximum absolute atomic E-state index is 12.0. The Balaban J connectivity index is 1.77. The second kappa shape index (κ2) is 6.16. The predicted molar refractivity (Wildman–Crippen MR) is 84.1 cm³/mol. The average Bonchev–Trinajstić information content (AvgIpc) is 2.96. The summed E-state index contributed by atoms with van der Waals surface area (Å²) < 4.78 is 6.22. The highest BCUT2D eigenvalue weighted by atomic mass is 32.1. The maximum Gasteiger partial charge on any atom is 0.338 e. The van der Waals surface area contributed by atoms with Crippen LogP contribution in [0, 0.1) is 17.0 Å². The van der Waals surface area contributed by atoms with Crippen molar-refractivity contribution in [2.75, 3.05) is 0 Å². The number of esters is 1. The second-order valence-corrected chi connectivity index (χ2v) is 5.85. The van der Waals surface area contributed by atoms with Gasteiger partial charge < -0.3 is 4.74 Å². The van der Waals surface area contributed by atoms with E-state index in [1.165, 1.54) is 24.3 Å². The molecule has 0 aliphatic carbocycles. The summed E-state index contributed by atoms with van der Waals surface area (Å²) in [7, 11) is 0. The van der Waals surface area contributed by atoms with Crippen molar-refractivity contribution in [1.82, 2.24) is 14.6 Å². The Morgan fingerprint density at radius 1 is 1.42 bits per heavy atom. The number of aromatic nitrogens is 3. The number of ether oxygens (including phenoxy) is 1. The van der Waals surface area contributed by atoms with Gasteiger partial charge in [-0.2, -0.15) is 9.61 Å². The van der Waals surface area contributed by atoms with Gasteiger partial charge in [0.1, 0.15) is 6.61 Å². The molecule has 2 heterocycles. The molecule has 0 unspecified atom stereocenters. The van der Waals surface area contributed by atoms with Crippen molar-refractivity contribution in [3.05, 3.63) is 67.1 Å². The Labute approximate surface area is 138 Å². The van der Waals surface area contributed by atoms with Crippen LogP contribution < -0.4 is 5.56 Å². The van der Waals surface area contributed by atoms with Gasteiger partial charge in [-0.3, -0.25) is 14.9 Å². The van der Waals surface area contributed by atoms with E-state index in [4.69, 9.17) is 4.74 Å². The van der Waals surface area contributed by atoms with Gasteiger partial charge in [-0.15, -0.1) is 0 Å². The van der Waals surface area contributed by atoms with Gasteiger partial charge in [0.2, 0.25) is 4.96 Å². The summed E-state index contributed by atoms with van der Waals surface area (Å²) in [4.78, 5) is 38.5. The van der Waals surface area contributed by atoms with E-state index in [9.17, 15) is 19.7 Å². The molecule has 0 saturated heterocycles. The fourth-order valence-corrected chi connectivity index (χ4v) is 2.83. The minimum Gasteiger partial charge on any atom is -0.455 e. The van der Waals surface area contributed by atoms with Crippen molar-refractivity contribution in [2.45, 2.75) is 13.5 Å². The van der Waals surface area contributed by atoms with Gasteiger partial charge in [-0.05, 0) is 13.0 Å². The Bertz CT molecular complexity index is 1010. The zero-order valence-electron chi connectivity index (χ0n) is 12.3. The van der Waals surface area contributed by atoms with Crippen LogP contribution in [0.5, 0.6) is 0 Å². The molecule has 10 heteroatoms. The van der Waals surface area contributed by atoms with Crippen LogP contribution in [0.4, 0.5) is 5.69 Å². The molecule has 0 saturated carbocycles. The van der Waals surface area contributed by atoms with Gasteiger partial charge in [0.25, 0.3) is 11.2 Å². The molecule has 0 aliphatic rings. The highest BCUT2D eigenvalue weighted by Crippen LogP contribution is 2.16. The molecule has 1 aromatic carbocycles. The number of carbonyl (C=O) groups excluding carboxylic acids is 1. The molecule has 0 bridgehead atoms. The molecule has 122 valence electrons. The van der Waals surface area contributed by atoms with Crippen LogP contribution in [0.25, 0.3) is 4.96 Å². The Morgan fingerprint density at radius 3 is 2.96 bits per heavy atom. The van der Waals surface area contributed by atoms with Gasteiger partial charge >= 0.3 is 5.97 Å². The topological polar surface area (TPSA) is 117 Å². The zero-order chi connectivity index (χ0) is 17.3. The van der Waals surface area contributed by atoms with Crippen LogP contribution in [0.1, 0.15) is 21.1 Å². The molecule has 0 aliphatic heterocycles. The molecule has 0 N–H and O–H groups in total. The fraction of sp³-hybridized carbons (Fsp3) is 0.143. The SMILES string of the molecule is Cc1cc(=O)n2nc(COC(=O)c3cccc([N+](=O)[O-])c3)sc2n1. The van der Waals surface area contributed by atoms with Crippen LogP contribution in [0.3, 0.4) is 0 Å². The zero-order valence-corrected chi connectivity index (χ0v) is 13.1. The number of fused-ring (bicyclic) bond motifs is 1. The molecule has 3 aromatic rings. The summed E-state index contributed by atoms with van der Waals surface area (Å²) in [5.41, 5.74) is 0.126. The molecular weight excluding hydrogens is 336 g/mol. The average molecular weight is 346 g/mol. The van der Waals surface area contributed by atoms with E-state index in [-0.39, 0.29) is 23.4 Å². The molecule has 3 rings (SSSR count). The fourth-order valence-electron chi connectivity index (χ4n) is 1.98. The molecule has 2 aromatic heterocycles. The number of benzene rings is 1. The van der Waals surface area contributed by atoms with E-state index in [0.717, 1.165) is 21.9 Å². The molecule has 0 spiro atoms. The number of nitro benzene ring substituents is 1. The summed E-state index contributed by atoms with van der Waals surface area (Å²) in [5.74, 6) is -0.713. The first-order valence-corrected chi connectivity index (χ1v) is 7.53. The lowest BCUT2D eigenvalue weighted by Gasteiger charge is -2.02. The van der Waals surface area contributed by atoms with Crippen molar-refractivity contribution in [3.63, 3.8) is 0 Å². The van der Waals surface area contributed by atoms with Gasteiger partial charge in [-0.25, -0.2) is 9.78 Å². The number of nitro groups is 1. The van der Waals surface area contributed by atoms with Gasteiger partial charge in [0, 0.05) is 23.9 Å². The van der Waals surface area contributed by atoms with E-state index >= 15 is 0 Å². The predicted octanol–water partition coefficient (Wildman–Crippen LogP) is 1.72. The van der Waals surface area contributed by atoms with Gasteiger partial charge in [0.05, 0.1) is 10.5 Å². The van der Waals surface area contributed by atoms with E-state index in [1.54, 1.807) is 6.92 Å². The number of nitrogens with zero attached hydrogens (tertiary/aromatic N) is 4. The minimum absolute atomic E-state index is 0.0662. The highest BCUT2D eigenvalue weighted by molar-refractivity contribution is 7.16. The van der Waals surface area contributed by atoms with Crippen LogP contribution in [0.15, 0.2) is 35.1 Å². The number of aryl methyl sites for hydroxylation is 1. The van der Waals surface area contributed by atoms with E-state index in [0.29, 0.717) is 15.7 Å². The third-order valence-corrected chi connectivity index (χ3v) is 3.92. The van der Waals surface area contributed by atoms with Crippen LogP contribution >= 0.6 is 11.3 Å². The Hall–Kier alpha value is -3.14. The monoisotopic (exact) mass is 346 g/mol. The van der Waals surface area contributed by atoms with Crippen molar-refractivity contribution in [1.29, 1.82) is 0 Å². The summed E-state index contributed by atoms with van der Waals surface area (Å²) in [6.07, 6.45) is 0. The normalized spacial score (nSPS) is 10.7. The largest absolute Gasteiger partial charge is 0.455 e. The lowest BCUT2D eigenvalue weighted by Crippen LogP contribution is -2.14. The van der Waals surface area contributed by atoms with Gasteiger partial charge in [-0.1, -0.05) is 17.4 Å². The third-order valence-electron chi connectivity index (χ3n) is 3.03. The van der Waals surface area contributed by atoms with E-state index < -0.39 is 10.9 Å². The third kappa shape index (κ3) is 3.13. The molecule has 0 radical (unpaired) electrons. The Morgan fingerprint density at radius 2 is 2.21 bits per heavy atom. The summed E-state index contributed by atoms with van der Waals surface area (Å²) in [6, 6.07) is 6.59. The Kier molecular flexibility index (Phi) is 4.04. The van der Waals surface area contributed by atoms with E-state index in [2.05, 4.69) is 10.1 Å². The molecule has 0 fully saturated rings. The lowest BCUT2D eigenvalue weighted by atomic mass is 10.2. The molecule has 24 heavy (non-hydrogen) atoms. The van der Waals surface area contributed by atoms with Crippen molar-refractivity contribution in [2.24, 2.45) is 0 Å². The molecule has 0 atom stereocenters. The number of hydrogen-bond donors (Lipinski definition) is 0.